The third-order valence-electron chi connectivity index (χ3n) is 5.42. The van der Waals surface area contributed by atoms with Crippen molar-refractivity contribution in [3.05, 3.63) is 23.5 Å². The van der Waals surface area contributed by atoms with Crippen LogP contribution in [-0.2, 0) is 9.53 Å². The number of imidazole rings is 1. The second-order valence-electron chi connectivity index (χ2n) is 8.29. The highest BCUT2D eigenvalue weighted by Crippen LogP contribution is 2.40. The number of ether oxygens (including phenoxy) is 1. The molecule has 1 N–H and O–H groups in total. The molecule has 1 fully saturated rings. The Morgan fingerprint density at radius 2 is 2.10 bits per heavy atom. The van der Waals surface area contributed by atoms with Crippen LogP contribution in [0.4, 0.5) is 19.0 Å². The molecule has 1 aliphatic carbocycles. The molecule has 2 unspecified atom stereocenters. The fraction of sp³-hybridized carbons (Fsp3) is 0.600. The van der Waals surface area contributed by atoms with E-state index in [1.54, 1.807) is 24.9 Å². The van der Waals surface area contributed by atoms with Crippen molar-refractivity contribution in [1.29, 1.82) is 0 Å². The molecule has 31 heavy (non-hydrogen) atoms. The van der Waals surface area contributed by atoms with Gasteiger partial charge in [-0.2, -0.15) is 13.2 Å². The maximum absolute atomic E-state index is 13.3. The number of anilines is 1. The largest absolute Gasteiger partial charge is 0.462 e. The fourth-order valence-electron chi connectivity index (χ4n) is 3.40. The van der Waals surface area contributed by atoms with Gasteiger partial charge in [-0.05, 0) is 43.2 Å². The summed E-state index contributed by atoms with van der Waals surface area (Å²) in [5.41, 5.74) is 0.998. The molecule has 1 amide bonds. The van der Waals surface area contributed by atoms with Gasteiger partial charge in [-0.1, -0.05) is 13.8 Å². The maximum atomic E-state index is 13.3. The lowest BCUT2D eigenvalue weighted by Gasteiger charge is -2.26. The number of hydrogen-bond acceptors (Lipinski definition) is 6. The Morgan fingerprint density at radius 1 is 1.42 bits per heavy atom. The monoisotopic (exact) mass is 441 g/mol. The maximum Gasteiger partial charge on any atom is 0.408 e. The quantitative estimate of drug-likeness (QED) is 0.602. The molecular weight excluding hydrogens is 415 g/mol. The van der Waals surface area contributed by atoms with Gasteiger partial charge in [0.2, 0.25) is 0 Å². The molecule has 2 aromatic rings. The first-order valence-corrected chi connectivity index (χ1v) is 10.1. The first-order valence-electron chi connectivity index (χ1n) is 10.1. The van der Waals surface area contributed by atoms with E-state index in [1.807, 2.05) is 13.8 Å². The molecule has 170 valence electrons. The van der Waals surface area contributed by atoms with Crippen molar-refractivity contribution in [3.63, 3.8) is 0 Å². The first-order chi connectivity index (χ1) is 14.5. The molecule has 8 nitrogen and oxygen atoms in total. The Labute approximate surface area is 177 Å². The molecule has 0 radical (unpaired) electrons. The molecule has 0 aliphatic heterocycles. The van der Waals surface area contributed by atoms with Crippen LogP contribution in [0.3, 0.4) is 0 Å². The Hall–Kier alpha value is -2.85. The molecule has 0 aromatic carbocycles. The molecule has 0 spiro atoms. The van der Waals surface area contributed by atoms with Crippen LogP contribution < -0.4 is 10.2 Å². The Morgan fingerprint density at radius 3 is 2.65 bits per heavy atom. The van der Waals surface area contributed by atoms with E-state index in [4.69, 9.17) is 4.74 Å². The van der Waals surface area contributed by atoms with Crippen LogP contribution in [0, 0.1) is 18.8 Å². The van der Waals surface area contributed by atoms with Crippen molar-refractivity contribution in [2.45, 2.75) is 51.9 Å². The van der Waals surface area contributed by atoms with Crippen molar-refractivity contribution in [1.82, 2.24) is 19.9 Å². The van der Waals surface area contributed by atoms with Crippen LogP contribution in [-0.4, -0.2) is 58.9 Å². The van der Waals surface area contributed by atoms with Gasteiger partial charge in [0.25, 0.3) is 12.4 Å². The zero-order chi connectivity index (χ0) is 22.9. The third-order valence-corrected chi connectivity index (χ3v) is 5.42. The smallest absolute Gasteiger partial charge is 0.408 e. The standard InChI is InChI=1S/C20H26F3N5O3/c1-11(2)15(31-10-29)9-27(4)16-7-12(3)18-24-8-14(28(18)26-16)19(30)25-17(13-5-6-13)20(21,22)23/h7-8,10-11,13,15,17H,5-6,9H2,1-4H3,(H,25,30). The number of alkyl halides is 3. The minimum atomic E-state index is -4.52. The van der Waals surface area contributed by atoms with Crippen molar-refractivity contribution in [3.8, 4) is 0 Å². The molecule has 0 bridgehead atoms. The topological polar surface area (TPSA) is 88.8 Å². The summed E-state index contributed by atoms with van der Waals surface area (Å²) >= 11 is 0. The average Bonchev–Trinajstić information content (AvgIpc) is 3.42. The molecule has 1 saturated carbocycles. The van der Waals surface area contributed by atoms with Gasteiger partial charge in [-0.25, -0.2) is 9.50 Å². The van der Waals surface area contributed by atoms with Gasteiger partial charge < -0.3 is 15.0 Å². The van der Waals surface area contributed by atoms with Crippen molar-refractivity contribution in [2.75, 3.05) is 18.5 Å². The zero-order valence-electron chi connectivity index (χ0n) is 17.8. The Bertz CT molecular complexity index is 955. The van der Waals surface area contributed by atoms with Crippen molar-refractivity contribution >= 4 is 23.8 Å². The minimum Gasteiger partial charge on any atom is -0.462 e. The predicted molar refractivity (Wildman–Crippen MR) is 107 cm³/mol. The van der Waals surface area contributed by atoms with E-state index in [-0.39, 0.29) is 17.7 Å². The molecule has 0 saturated heterocycles. The second kappa shape index (κ2) is 8.72. The minimum absolute atomic E-state index is 0.0637. The third kappa shape index (κ3) is 5.08. The van der Waals surface area contributed by atoms with Crippen molar-refractivity contribution in [2.24, 2.45) is 11.8 Å². The Kier molecular flexibility index (Phi) is 6.42. The molecule has 2 atom stereocenters. The summed E-state index contributed by atoms with van der Waals surface area (Å²) in [6, 6.07) is -0.129. The number of amides is 1. The van der Waals surface area contributed by atoms with E-state index in [9.17, 15) is 22.8 Å². The highest BCUT2D eigenvalue weighted by Gasteiger charge is 2.49. The number of fused-ring (bicyclic) bond motifs is 1. The molecule has 3 rings (SSSR count). The lowest BCUT2D eigenvalue weighted by Crippen LogP contribution is -2.47. The number of halogens is 3. The van der Waals surface area contributed by atoms with Crippen LogP contribution in [0.2, 0.25) is 0 Å². The van der Waals surface area contributed by atoms with Crippen LogP contribution in [0.25, 0.3) is 5.65 Å². The number of aromatic nitrogens is 3. The fourth-order valence-corrected chi connectivity index (χ4v) is 3.40. The van der Waals surface area contributed by atoms with Gasteiger partial charge in [-0.15, -0.1) is 5.10 Å². The lowest BCUT2D eigenvalue weighted by molar-refractivity contribution is -0.158. The number of nitrogens with one attached hydrogen (secondary N) is 1. The number of nitrogens with zero attached hydrogens (tertiary/aromatic N) is 4. The van der Waals surface area contributed by atoms with Gasteiger partial charge in [0.15, 0.2) is 11.3 Å². The van der Waals surface area contributed by atoms with Crippen LogP contribution >= 0.6 is 0 Å². The summed E-state index contributed by atoms with van der Waals surface area (Å²) in [6.45, 7) is 6.35. The highest BCUT2D eigenvalue weighted by molar-refractivity contribution is 5.93. The van der Waals surface area contributed by atoms with E-state index in [0.717, 1.165) is 0 Å². The summed E-state index contributed by atoms with van der Waals surface area (Å²) in [6.07, 6.45) is -2.80. The van der Waals surface area contributed by atoms with Gasteiger partial charge in [0.05, 0.1) is 12.7 Å². The van der Waals surface area contributed by atoms with E-state index in [0.29, 0.717) is 42.9 Å². The van der Waals surface area contributed by atoms with E-state index >= 15 is 0 Å². The highest BCUT2D eigenvalue weighted by atomic mass is 19.4. The molecular formula is C20H26F3N5O3. The van der Waals surface area contributed by atoms with Crippen LogP contribution in [0.1, 0.15) is 42.7 Å². The Balaban J connectivity index is 1.88. The molecule has 1 aliphatic rings. The molecule has 2 heterocycles. The first kappa shape index (κ1) is 22.8. The number of likely N-dealkylation sites (N-methyl/N-ethyl adjacent to an activating group) is 1. The summed E-state index contributed by atoms with van der Waals surface area (Å²) in [4.78, 5) is 29.4. The van der Waals surface area contributed by atoms with E-state index in [1.165, 1.54) is 10.7 Å². The molecule has 2 aromatic heterocycles. The summed E-state index contributed by atoms with van der Waals surface area (Å²) < 4.78 is 46.3. The zero-order valence-corrected chi connectivity index (χ0v) is 17.8. The van der Waals surface area contributed by atoms with Crippen LogP contribution in [0.5, 0.6) is 0 Å². The SMILES string of the molecule is Cc1cc(N(C)CC(OC=O)C(C)C)nn2c(C(=O)NC(C3CC3)C(F)(F)F)cnc12. The predicted octanol–water partition coefficient (Wildman–Crippen LogP) is 2.74. The van der Waals surface area contributed by atoms with E-state index in [2.05, 4.69) is 15.4 Å². The second-order valence-corrected chi connectivity index (χ2v) is 8.29. The number of rotatable bonds is 9. The van der Waals surface area contributed by atoms with Crippen molar-refractivity contribution < 1.29 is 27.5 Å². The molecule has 11 heteroatoms. The number of hydrogen-bond donors (Lipinski definition) is 1. The van der Waals surface area contributed by atoms with Gasteiger partial charge >= 0.3 is 6.18 Å². The van der Waals surface area contributed by atoms with Gasteiger partial charge in [-0.3, -0.25) is 9.59 Å². The number of carbonyl (C=O) groups is 2. The number of aryl methyl sites for hydroxylation is 1. The normalized spacial score (nSPS) is 16.3. The van der Waals surface area contributed by atoms with Gasteiger partial charge in [0.1, 0.15) is 18.0 Å². The summed E-state index contributed by atoms with van der Waals surface area (Å²) in [5, 5.41) is 6.52. The van der Waals surface area contributed by atoms with Gasteiger partial charge in [0, 0.05) is 7.05 Å². The lowest BCUT2D eigenvalue weighted by atomic mass is 10.1. The van der Waals surface area contributed by atoms with Crippen LogP contribution in [0.15, 0.2) is 12.3 Å². The average molecular weight is 441 g/mol. The number of carbonyl (C=O) groups excluding carboxylic acids is 2. The van der Waals surface area contributed by atoms with E-state index < -0.39 is 24.0 Å². The summed E-state index contributed by atoms with van der Waals surface area (Å²) in [7, 11) is 1.75. The summed E-state index contributed by atoms with van der Waals surface area (Å²) in [5.74, 6) is -0.941.